The smallest absolute Gasteiger partial charge is 0.273 e. The molecule has 2 amide bonds. The van der Waals surface area contributed by atoms with Crippen molar-refractivity contribution in [2.75, 3.05) is 38.1 Å². The summed E-state index contributed by atoms with van der Waals surface area (Å²) in [6, 6.07) is 1.82. The molecule has 0 unspecified atom stereocenters. The number of likely N-dealkylation sites (tertiary alicyclic amines) is 2. The lowest BCUT2D eigenvalue weighted by Crippen LogP contribution is -2.52. The van der Waals surface area contributed by atoms with E-state index in [0.717, 1.165) is 51.1 Å². The van der Waals surface area contributed by atoms with E-state index in [1.165, 1.54) is 11.3 Å². The fraction of sp³-hybridized carbons (Fsp3) is 0.571. The molecule has 158 valence electrons. The molecule has 3 saturated heterocycles. The molecule has 0 bridgehead atoms. The summed E-state index contributed by atoms with van der Waals surface area (Å²) in [5.74, 6) is 1.02. The molecule has 2 spiro atoms. The highest BCUT2D eigenvalue weighted by atomic mass is 32.1. The van der Waals surface area contributed by atoms with Gasteiger partial charge in [0.05, 0.1) is 10.9 Å². The molecule has 2 aromatic rings. The maximum Gasteiger partial charge on any atom is 0.273 e. The second kappa shape index (κ2) is 7.30. The number of anilines is 1. The van der Waals surface area contributed by atoms with Crippen LogP contribution in [0.4, 0.5) is 5.95 Å². The van der Waals surface area contributed by atoms with E-state index in [9.17, 15) is 9.59 Å². The molecule has 0 radical (unpaired) electrons. The fourth-order valence-corrected chi connectivity index (χ4v) is 6.02. The monoisotopic (exact) mass is 426 g/mol. The molecule has 0 saturated carbocycles. The summed E-state index contributed by atoms with van der Waals surface area (Å²) in [4.78, 5) is 45.0. The number of carbonyl (C=O) groups excluding carboxylic acids is 2. The fourth-order valence-electron chi connectivity index (χ4n) is 5.49. The zero-order valence-electron chi connectivity index (χ0n) is 17.2. The number of aromatic nitrogens is 3. The largest absolute Gasteiger partial charge is 0.341 e. The van der Waals surface area contributed by atoms with Gasteiger partial charge in [0.25, 0.3) is 5.91 Å². The number of hydrogen-bond donors (Lipinski definition) is 0. The molecule has 3 aliphatic rings. The maximum atomic E-state index is 13.4. The van der Waals surface area contributed by atoms with Gasteiger partial charge in [-0.05, 0) is 38.2 Å². The molecule has 5 rings (SSSR count). The van der Waals surface area contributed by atoms with Crippen molar-refractivity contribution in [3.63, 3.8) is 0 Å². The van der Waals surface area contributed by atoms with E-state index in [2.05, 4.69) is 19.9 Å². The number of piperidine rings is 2. The van der Waals surface area contributed by atoms with Crippen LogP contribution in [0, 0.1) is 5.41 Å². The van der Waals surface area contributed by atoms with Crippen LogP contribution in [-0.4, -0.2) is 75.3 Å². The van der Waals surface area contributed by atoms with Crippen molar-refractivity contribution in [1.82, 2.24) is 24.8 Å². The molecule has 0 atom stereocenters. The number of thiazole rings is 1. The third kappa shape index (κ3) is 3.07. The van der Waals surface area contributed by atoms with Crippen LogP contribution in [0.25, 0.3) is 0 Å². The number of carbonyl (C=O) groups is 2. The Balaban J connectivity index is 1.27. The lowest BCUT2D eigenvalue weighted by atomic mass is 9.71. The van der Waals surface area contributed by atoms with Crippen molar-refractivity contribution in [3.8, 4) is 0 Å². The number of rotatable bonds is 2. The summed E-state index contributed by atoms with van der Waals surface area (Å²) in [7, 11) is 1.96. The van der Waals surface area contributed by atoms with E-state index >= 15 is 0 Å². The molecule has 0 aromatic carbocycles. The van der Waals surface area contributed by atoms with Gasteiger partial charge in [-0.1, -0.05) is 0 Å². The van der Waals surface area contributed by atoms with Gasteiger partial charge in [-0.2, -0.15) is 0 Å². The normalized spacial score (nSPS) is 22.8. The average molecular weight is 427 g/mol. The van der Waals surface area contributed by atoms with Crippen LogP contribution in [0.1, 0.15) is 42.6 Å². The maximum absolute atomic E-state index is 13.4. The van der Waals surface area contributed by atoms with E-state index in [0.29, 0.717) is 18.8 Å². The van der Waals surface area contributed by atoms with Crippen LogP contribution in [0.2, 0.25) is 0 Å². The molecule has 9 heteroatoms. The summed E-state index contributed by atoms with van der Waals surface area (Å²) in [6.07, 6.45) is 7.73. The quantitative estimate of drug-likeness (QED) is 0.731. The predicted octanol–water partition coefficient (Wildman–Crippen LogP) is 2.06. The Hall–Kier alpha value is -2.55. The summed E-state index contributed by atoms with van der Waals surface area (Å²) in [5, 5.41) is 1.80. The van der Waals surface area contributed by atoms with Crippen molar-refractivity contribution in [1.29, 1.82) is 0 Å². The van der Waals surface area contributed by atoms with Crippen molar-refractivity contribution in [2.45, 2.75) is 37.6 Å². The minimum Gasteiger partial charge on any atom is -0.341 e. The van der Waals surface area contributed by atoms with Crippen LogP contribution in [0.3, 0.4) is 0 Å². The first-order valence-corrected chi connectivity index (χ1v) is 11.5. The van der Waals surface area contributed by atoms with Crippen molar-refractivity contribution >= 4 is 29.1 Å². The lowest BCUT2D eigenvalue weighted by molar-refractivity contribution is -0.138. The van der Waals surface area contributed by atoms with Crippen molar-refractivity contribution < 1.29 is 9.59 Å². The molecule has 30 heavy (non-hydrogen) atoms. The zero-order valence-corrected chi connectivity index (χ0v) is 18.0. The zero-order chi connectivity index (χ0) is 20.8. The van der Waals surface area contributed by atoms with E-state index in [-0.39, 0.29) is 22.8 Å². The van der Waals surface area contributed by atoms with Gasteiger partial charge in [0.1, 0.15) is 5.69 Å². The highest BCUT2D eigenvalue weighted by Crippen LogP contribution is 2.52. The van der Waals surface area contributed by atoms with Crippen molar-refractivity contribution in [3.05, 3.63) is 35.0 Å². The summed E-state index contributed by atoms with van der Waals surface area (Å²) in [6.45, 7) is 2.95. The molecular weight excluding hydrogens is 400 g/mol. The van der Waals surface area contributed by atoms with Gasteiger partial charge in [0.15, 0.2) is 0 Å². The Morgan fingerprint density at radius 3 is 2.37 bits per heavy atom. The third-order valence-electron chi connectivity index (χ3n) is 7.33. The lowest BCUT2D eigenvalue weighted by Gasteiger charge is -2.43. The second-order valence-corrected chi connectivity index (χ2v) is 9.47. The molecule has 2 aromatic heterocycles. The Bertz CT molecular complexity index is 918. The highest BCUT2D eigenvalue weighted by Gasteiger charge is 2.59. The minimum absolute atomic E-state index is 0.00367. The molecule has 0 N–H and O–H groups in total. The average Bonchev–Trinajstić information content (AvgIpc) is 3.39. The van der Waals surface area contributed by atoms with Gasteiger partial charge in [-0.15, -0.1) is 11.3 Å². The third-order valence-corrected chi connectivity index (χ3v) is 7.91. The second-order valence-electron chi connectivity index (χ2n) is 8.75. The molecular formula is C21H26N6O2S. The number of hydrogen-bond acceptors (Lipinski definition) is 7. The van der Waals surface area contributed by atoms with Crippen LogP contribution in [-0.2, 0) is 4.79 Å². The molecule has 3 aliphatic heterocycles. The first-order valence-electron chi connectivity index (χ1n) is 10.5. The highest BCUT2D eigenvalue weighted by molar-refractivity contribution is 7.07. The summed E-state index contributed by atoms with van der Waals surface area (Å²) in [5.41, 5.74) is 1.79. The molecule has 5 heterocycles. The Morgan fingerprint density at radius 2 is 1.73 bits per heavy atom. The van der Waals surface area contributed by atoms with Gasteiger partial charge in [0, 0.05) is 56.5 Å². The van der Waals surface area contributed by atoms with Crippen LogP contribution in [0.15, 0.2) is 29.4 Å². The number of nitrogens with zero attached hydrogens (tertiary/aromatic N) is 6. The van der Waals surface area contributed by atoms with E-state index in [4.69, 9.17) is 0 Å². The molecule has 3 fully saturated rings. The van der Waals surface area contributed by atoms with Crippen LogP contribution in [0.5, 0.6) is 0 Å². The standard InChI is InChI=1S/C21H26N6O2S/c1-25-18(29)20(3-9-27(10-4-20)19-22-7-2-8-23-19)14-21(25)5-11-26(12-6-21)17(28)16-13-30-15-24-16/h2,7-8,13,15H,3-6,9-12,14H2,1H3. The van der Waals surface area contributed by atoms with E-state index < -0.39 is 0 Å². The summed E-state index contributed by atoms with van der Waals surface area (Å²) >= 11 is 1.44. The first-order chi connectivity index (χ1) is 14.5. The Kier molecular flexibility index (Phi) is 4.72. The summed E-state index contributed by atoms with van der Waals surface area (Å²) < 4.78 is 0. The molecule has 8 nitrogen and oxygen atoms in total. The topological polar surface area (TPSA) is 82.5 Å². The van der Waals surface area contributed by atoms with Crippen LogP contribution < -0.4 is 4.90 Å². The van der Waals surface area contributed by atoms with Gasteiger partial charge in [-0.3, -0.25) is 9.59 Å². The van der Waals surface area contributed by atoms with Gasteiger partial charge in [-0.25, -0.2) is 15.0 Å². The molecule has 0 aliphatic carbocycles. The minimum atomic E-state index is -0.291. The van der Waals surface area contributed by atoms with E-state index in [1.54, 1.807) is 23.3 Å². The van der Waals surface area contributed by atoms with Gasteiger partial charge >= 0.3 is 0 Å². The predicted molar refractivity (Wildman–Crippen MR) is 113 cm³/mol. The Labute approximate surface area is 179 Å². The van der Waals surface area contributed by atoms with Crippen LogP contribution >= 0.6 is 11.3 Å². The Morgan fingerprint density at radius 1 is 1.03 bits per heavy atom. The number of amides is 2. The van der Waals surface area contributed by atoms with E-state index in [1.807, 2.05) is 22.9 Å². The van der Waals surface area contributed by atoms with Crippen molar-refractivity contribution in [2.24, 2.45) is 5.41 Å². The SMILES string of the molecule is CN1C(=O)C2(CCN(c3ncccn3)CC2)CC12CCN(C(=O)c1cscn1)CC2. The first kappa shape index (κ1) is 19.4. The van der Waals surface area contributed by atoms with Gasteiger partial charge < -0.3 is 14.7 Å². The van der Waals surface area contributed by atoms with Gasteiger partial charge in [0.2, 0.25) is 11.9 Å².